The maximum absolute atomic E-state index is 13.8. The van der Waals surface area contributed by atoms with Crippen molar-refractivity contribution in [2.24, 2.45) is 5.92 Å². The highest BCUT2D eigenvalue weighted by Gasteiger charge is 2.45. The lowest BCUT2D eigenvalue weighted by atomic mass is 9.82. The van der Waals surface area contributed by atoms with Crippen LogP contribution in [0, 0.1) is 11.7 Å². The number of hydrogen-bond donors (Lipinski definition) is 2. The fraction of sp³-hybridized carbons (Fsp3) is 0.269. The van der Waals surface area contributed by atoms with E-state index in [-0.39, 0.29) is 30.5 Å². The van der Waals surface area contributed by atoms with Crippen LogP contribution < -0.4 is 10.1 Å². The predicted molar refractivity (Wildman–Crippen MR) is 121 cm³/mol. The maximum atomic E-state index is 13.8. The van der Waals surface area contributed by atoms with Gasteiger partial charge in [-0.2, -0.15) is 0 Å². The molecule has 1 fully saturated rings. The van der Waals surface area contributed by atoms with Crippen molar-refractivity contribution >= 4 is 11.6 Å². The zero-order chi connectivity index (χ0) is 22.2. The molecule has 0 unspecified atom stereocenters. The Bertz CT molecular complexity index is 1170. The van der Waals surface area contributed by atoms with Crippen molar-refractivity contribution < 1.29 is 19.0 Å². The summed E-state index contributed by atoms with van der Waals surface area (Å²) in [6.45, 7) is 0.548. The number of aliphatic hydroxyl groups excluding tert-OH is 1. The smallest absolute Gasteiger partial charge is 0.254 e. The summed E-state index contributed by atoms with van der Waals surface area (Å²) in [4.78, 5) is 15.2. The van der Waals surface area contributed by atoms with E-state index in [0.717, 1.165) is 34.5 Å². The average Bonchev–Trinajstić information content (AvgIpc) is 3.28. The normalized spacial score (nSPS) is 21.5. The molecule has 1 saturated heterocycles. The first-order chi connectivity index (χ1) is 15.6. The Kier molecular flexibility index (Phi) is 5.31. The van der Waals surface area contributed by atoms with Gasteiger partial charge in [0.1, 0.15) is 11.6 Å². The molecule has 0 saturated carbocycles. The molecule has 5 nitrogen and oxygen atoms in total. The predicted octanol–water partition coefficient (Wildman–Crippen LogP) is 4.49. The minimum atomic E-state index is -0.425. The number of aliphatic hydroxyl groups is 1. The minimum Gasteiger partial charge on any atom is -0.497 e. The largest absolute Gasteiger partial charge is 0.497 e. The van der Waals surface area contributed by atoms with E-state index in [2.05, 4.69) is 11.4 Å². The Morgan fingerprint density at radius 1 is 1.12 bits per heavy atom. The molecule has 0 aliphatic carbocycles. The van der Waals surface area contributed by atoms with Crippen molar-refractivity contribution in [3.8, 4) is 16.9 Å². The second-order valence-electron chi connectivity index (χ2n) is 8.37. The van der Waals surface area contributed by atoms with Gasteiger partial charge in [-0.05, 0) is 65.6 Å². The SMILES string of the molecule is COc1cccc(-c2ccc3c(c2)[C@@H]2[C@@H](CCN2C(=O)c2cccc(F)c2)[C@@H](CO)N3)c1. The molecule has 6 heteroatoms. The van der Waals surface area contributed by atoms with E-state index in [0.29, 0.717) is 12.1 Å². The van der Waals surface area contributed by atoms with Gasteiger partial charge in [0, 0.05) is 23.7 Å². The highest BCUT2D eigenvalue weighted by molar-refractivity contribution is 5.95. The van der Waals surface area contributed by atoms with E-state index in [1.54, 1.807) is 19.2 Å². The first-order valence-corrected chi connectivity index (χ1v) is 10.8. The van der Waals surface area contributed by atoms with E-state index in [1.165, 1.54) is 12.1 Å². The van der Waals surface area contributed by atoms with E-state index < -0.39 is 5.82 Å². The highest BCUT2D eigenvalue weighted by atomic mass is 19.1. The van der Waals surface area contributed by atoms with E-state index in [1.807, 2.05) is 41.3 Å². The molecule has 2 aliphatic rings. The molecule has 2 aliphatic heterocycles. The van der Waals surface area contributed by atoms with Crippen LogP contribution in [0.2, 0.25) is 0 Å². The lowest BCUT2D eigenvalue weighted by Crippen LogP contribution is -2.42. The first kappa shape index (κ1) is 20.5. The topological polar surface area (TPSA) is 61.8 Å². The number of nitrogens with zero attached hydrogens (tertiary/aromatic N) is 1. The van der Waals surface area contributed by atoms with Crippen molar-refractivity contribution in [1.82, 2.24) is 4.90 Å². The van der Waals surface area contributed by atoms with Crippen LogP contribution in [0.3, 0.4) is 0 Å². The van der Waals surface area contributed by atoms with Crippen LogP contribution in [-0.2, 0) is 0 Å². The van der Waals surface area contributed by atoms with Crippen molar-refractivity contribution in [2.75, 3.05) is 25.6 Å². The third-order valence-corrected chi connectivity index (χ3v) is 6.60. The van der Waals surface area contributed by atoms with Gasteiger partial charge in [-0.25, -0.2) is 4.39 Å². The molecule has 3 aromatic rings. The van der Waals surface area contributed by atoms with Crippen LogP contribution in [0.4, 0.5) is 10.1 Å². The zero-order valence-electron chi connectivity index (χ0n) is 17.8. The van der Waals surface area contributed by atoms with Gasteiger partial charge >= 0.3 is 0 Å². The average molecular weight is 432 g/mol. The number of carbonyl (C=O) groups excluding carboxylic acids is 1. The third kappa shape index (κ3) is 3.50. The number of ether oxygens (including phenoxy) is 1. The summed E-state index contributed by atoms with van der Waals surface area (Å²) in [5, 5.41) is 13.5. The number of anilines is 1. The first-order valence-electron chi connectivity index (χ1n) is 10.8. The van der Waals surface area contributed by atoms with Gasteiger partial charge in [-0.15, -0.1) is 0 Å². The van der Waals surface area contributed by atoms with Gasteiger partial charge in [-0.1, -0.05) is 24.3 Å². The second kappa shape index (κ2) is 8.28. The minimum absolute atomic E-state index is 0.0137. The van der Waals surface area contributed by atoms with Crippen LogP contribution in [0.5, 0.6) is 5.75 Å². The molecule has 3 aromatic carbocycles. The lowest BCUT2D eigenvalue weighted by molar-refractivity contribution is 0.0700. The Morgan fingerprint density at radius 2 is 1.94 bits per heavy atom. The molecule has 2 N–H and O–H groups in total. The molecular weight excluding hydrogens is 407 g/mol. The number of rotatable bonds is 4. The Hall–Kier alpha value is -3.38. The van der Waals surface area contributed by atoms with Crippen molar-refractivity contribution in [1.29, 1.82) is 0 Å². The van der Waals surface area contributed by atoms with Crippen LogP contribution in [-0.4, -0.2) is 42.2 Å². The number of hydrogen-bond acceptors (Lipinski definition) is 4. The number of likely N-dealkylation sites (tertiary alicyclic amines) is 1. The van der Waals surface area contributed by atoms with Gasteiger partial charge in [0.25, 0.3) is 5.91 Å². The van der Waals surface area contributed by atoms with Crippen LogP contribution >= 0.6 is 0 Å². The van der Waals surface area contributed by atoms with Gasteiger partial charge < -0.3 is 20.1 Å². The van der Waals surface area contributed by atoms with Gasteiger partial charge in [0.15, 0.2) is 0 Å². The van der Waals surface area contributed by atoms with Crippen LogP contribution in [0.1, 0.15) is 28.4 Å². The van der Waals surface area contributed by atoms with Crippen molar-refractivity contribution in [2.45, 2.75) is 18.5 Å². The highest BCUT2D eigenvalue weighted by Crippen LogP contribution is 2.47. The Morgan fingerprint density at radius 3 is 2.72 bits per heavy atom. The summed E-state index contributed by atoms with van der Waals surface area (Å²) in [5.41, 5.74) is 4.32. The summed E-state index contributed by atoms with van der Waals surface area (Å²) in [5.74, 6) is 0.241. The second-order valence-corrected chi connectivity index (χ2v) is 8.37. The quantitative estimate of drug-likeness (QED) is 0.638. The molecule has 0 spiro atoms. The number of methoxy groups -OCH3 is 1. The molecule has 5 rings (SSSR count). The van der Waals surface area contributed by atoms with E-state index in [9.17, 15) is 14.3 Å². The summed E-state index contributed by atoms with van der Waals surface area (Å²) in [6.07, 6.45) is 0.771. The van der Waals surface area contributed by atoms with Gasteiger partial charge in [-0.3, -0.25) is 4.79 Å². The molecule has 32 heavy (non-hydrogen) atoms. The maximum Gasteiger partial charge on any atom is 0.254 e. The van der Waals surface area contributed by atoms with Crippen LogP contribution in [0.15, 0.2) is 66.7 Å². The summed E-state index contributed by atoms with van der Waals surface area (Å²) >= 11 is 0. The standard InChI is InChI=1S/C26H25FN2O3/c1-32-20-7-3-4-16(13-20)17-8-9-23-22(14-17)25-21(24(15-30)28-23)10-11-29(25)26(31)18-5-2-6-19(27)12-18/h2-9,12-14,21,24-25,28,30H,10-11,15H2,1H3/t21-,24+,25-/m0/s1. The Balaban J connectivity index is 1.57. The molecule has 164 valence electrons. The molecule has 1 amide bonds. The third-order valence-electron chi connectivity index (χ3n) is 6.60. The van der Waals surface area contributed by atoms with E-state index in [4.69, 9.17) is 4.74 Å². The van der Waals surface area contributed by atoms with Gasteiger partial charge in [0.2, 0.25) is 0 Å². The molecule has 0 radical (unpaired) electrons. The van der Waals surface area contributed by atoms with Gasteiger partial charge in [0.05, 0.1) is 25.8 Å². The van der Waals surface area contributed by atoms with Crippen molar-refractivity contribution in [3.63, 3.8) is 0 Å². The van der Waals surface area contributed by atoms with E-state index >= 15 is 0 Å². The monoisotopic (exact) mass is 432 g/mol. The molecule has 2 heterocycles. The molecular formula is C26H25FN2O3. The Labute approximate surface area is 186 Å². The summed E-state index contributed by atoms with van der Waals surface area (Å²) in [6, 6.07) is 19.5. The number of carbonyl (C=O) groups is 1. The number of fused-ring (bicyclic) bond motifs is 3. The number of halogens is 1. The van der Waals surface area contributed by atoms with Crippen molar-refractivity contribution in [3.05, 3.63) is 83.7 Å². The van der Waals surface area contributed by atoms with Crippen LogP contribution in [0.25, 0.3) is 11.1 Å². The molecule has 3 atom stereocenters. The lowest BCUT2D eigenvalue weighted by Gasteiger charge is -2.39. The zero-order valence-corrected chi connectivity index (χ0v) is 17.8. The number of nitrogens with one attached hydrogen (secondary N) is 1. The number of amides is 1. The summed E-state index contributed by atoms with van der Waals surface area (Å²) in [7, 11) is 1.64. The number of benzene rings is 3. The molecule has 0 bridgehead atoms. The fourth-order valence-electron chi connectivity index (χ4n) is 5.06. The molecule has 0 aromatic heterocycles. The fourth-order valence-corrected chi connectivity index (χ4v) is 5.06. The summed E-state index contributed by atoms with van der Waals surface area (Å²) < 4.78 is 19.2.